The molecule has 1 aliphatic heterocycles. The Morgan fingerprint density at radius 1 is 1.14 bits per heavy atom. The molecule has 2 rings (SSSR count). The molecule has 1 aliphatic carbocycles. The summed E-state index contributed by atoms with van der Waals surface area (Å²) in [4.78, 5) is 0. The Morgan fingerprint density at radius 2 is 1.93 bits per heavy atom. The smallest absolute Gasteiger partial charge is 0.0204 e. The van der Waals surface area contributed by atoms with Crippen LogP contribution < -0.4 is 16.4 Å². The highest BCUT2D eigenvalue weighted by Gasteiger charge is 2.20. The molecule has 4 N–H and O–H groups in total. The number of rotatable bonds is 3. The van der Waals surface area contributed by atoms with E-state index in [-0.39, 0.29) is 0 Å². The van der Waals surface area contributed by atoms with Gasteiger partial charge < -0.3 is 16.4 Å². The summed E-state index contributed by atoms with van der Waals surface area (Å²) in [6.45, 7) is 3.55. The minimum Gasteiger partial charge on any atom is -0.328 e. The molecule has 3 nitrogen and oxygen atoms in total. The molecule has 0 aromatic carbocycles. The Bertz CT molecular complexity index is 158. The third kappa shape index (κ3) is 2.94. The maximum atomic E-state index is 5.88. The van der Waals surface area contributed by atoms with Crippen molar-refractivity contribution in [1.82, 2.24) is 10.6 Å². The molecule has 0 radical (unpaired) electrons. The molecule has 0 spiro atoms. The first-order valence-corrected chi connectivity index (χ1v) is 6.04. The molecule has 2 fully saturated rings. The first-order chi connectivity index (χ1) is 6.84. The third-order valence-corrected chi connectivity index (χ3v) is 3.65. The summed E-state index contributed by atoms with van der Waals surface area (Å²) >= 11 is 0. The molecule has 0 aromatic heterocycles. The standard InChI is InChI=1S/C11H23N3/c12-10-3-1-9(2-4-10)7-14-11-5-6-13-8-11/h9-11,13-14H,1-8,12H2. The predicted molar refractivity (Wildman–Crippen MR) is 59.2 cm³/mol. The van der Waals surface area contributed by atoms with E-state index in [0.717, 1.165) is 18.5 Å². The van der Waals surface area contributed by atoms with Crippen molar-refractivity contribution in [1.29, 1.82) is 0 Å². The minimum atomic E-state index is 0.486. The Kier molecular flexibility index (Phi) is 3.79. The summed E-state index contributed by atoms with van der Waals surface area (Å²) < 4.78 is 0. The van der Waals surface area contributed by atoms with Gasteiger partial charge in [0.15, 0.2) is 0 Å². The van der Waals surface area contributed by atoms with Crippen molar-refractivity contribution in [3.8, 4) is 0 Å². The quantitative estimate of drug-likeness (QED) is 0.616. The van der Waals surface area contributed by atoms with E-state index in [9.17, 15) is 0 Å². The lowest BCUT2D eigenvalue weighted by Crippen LogP contribution is -2.37. The van der Waals surface area contributed by atoms with Gasteiger partial charge >= 0.3 is 0 Å². The summed E-state index contributed by atoms with van der Waals surface area (Å²) in [5.74, 6) is 0.885. The van der Waals surface area contributed by atoms with Crippen LogP contribution in [0.5, 0.6) is 0 Å². The van der Waals surface area contributed by atoms with E-state index in [1.54, 1.807) is 0 Å². The Labute approximate surface area is 86.8 Å². The highest BCUT2D eigenvalue weighted by molar-refractivity contribution is 4.81. The SMILES string of the molecule is NC1CCC(CNC2CCNC2)CC1. The summed E-state index contributed by atoms with van der Waals surface area (Å²) in [5.41, 5.74) is 5.88. The fourth-order valence-corrected chi connectivity index (χ4v) is 2.55. The first-order valence-electron chi connectivity index (χ1n) is 6.04. The molecular weight excluding hydrogens is 174 g/mol. The second kappa shape index (κ2) is 5.10. The van der Waals surface area contributed by atoms with Gasteiger partial charge in [-0.15, -0.1) is 0 Å². The van der Waals surface area contributed by atoms with Gasteiger partial charge in [0.05, 0.1) is 0 Å². The van der Waals surface area contributed by atoms with Crippen LogP contribution in [0.3, 0.4) is 0 Å². The van der Waals surface area contributed by atoms with Gasteiger partial charge in [-0.1, -0.05) is 0 Å². The Hall–Kier alpha value is -0.120. The van der Waals surface area contributed by atoms with Gasteiger partial charge in [-0.3, -0.25) is 0 Å². The molecule has 0 aromatic rings. The highest BCUT2D eigenvalue weighted by Crippen LogP contribution is 2.22. The first kappa shape index (κ1) is 10.4. The van der Waals surface area contributed by atoms with Gasteiger partial charge in [0, 0.05) is 18.6 Å². The van der Waals surface area contributed by atoms with Crippen LogP contribution in [-0.2, 0) is 0 Å². The van der Waals surface area contributed by atoms with Crippen molar-refractivity contribution in [3.63, 3.8) is 0 Å². The van der Waals surface area contributed by atoms with Gasteiger partial charge in [-0.05, 0) is 51.1 Å². The zero-order chi connectivity index (χ0) is 9.80. The zero-order valence-electron chi connectivity index (χ0n) is 8.97. The third-order valence-electron chi connectivity index (χ3n) is 3.65. The van der Waals surface area contributed by atoms with Crippen LogP contribution in [-0.4, -0.2) is 31.7 Å². The predicted octanol–water partition coefficient (Wildman–Crippen LogP) is 0.455. The van der Waals surface area contributed by atoms with E-state index in [1.165, 1.54) is 45.2 Å². The molecule has 0 amide bonds. The summed E-state index contributed by atoms with van der Waals surface area (Å²) in [6.07, 6.45) is 6.42. The van der Waals surface area contributed by atoms with Gasteiger partial charge in [-0.25, -0.2) is 0 Å². The zero-order valence-corrected chi connectivity index (χ0v) is 8.97. The van der Waals surface area contributed by atoms with E-state index in [2.05, 4.69) is 10.6 Å². The molecule has 14 heavy (non-hydrogen) atoms. The largest absolute Gasteiger partial charge is 0.328 e. The van der Waals surface area contributed by atoms with Crippen molar-refractivity contribution < 1.29 is 0 Å². The van der Waals surface area contributed by atoms with Crippen LogP contribution >= 0.6 is 0 Å². The Balaban J connectivity index is 1.60. The second-order valence-electron chi connectivity index (χ2n) is 4.88. The van der Waals surface area contributed by atoms with Gasteiger partial charge in [0.1, 0.15) is 0 Å². The van der Waals surface area contributed by atoms with Crippen molar-refractivity contribution in [2.45, 2.75) is 44.2 Å². The fourth-order valence-electron chi connectivity index (χ4n) is 2.55. The van der Waals surface area contributed by atoms with Crippen LogP contribution in [0.4, 0.5) is 0 Å². The molecule has 3 heteroatoms. The highest BCUT2D eigenvalue weighted by atomic mass is 15.0. The normalized spacial score (nSPS) is 38.8. The fraction of sp³-hybridized carbons (Fsp3) is 1.00. The van der Waals surface area contributed by atoms with Gasteiger partial charge in [-0.2, -0.15) is 0 Å². The summed E-state index contributed by atoms with van der Waals surface area (Å²) in [6, 6.07) is 1.21. The molecule has 0 bridgehead atoms. The molecule has 2 aliphatic rings. The second-order valence-corrected chi connectivity index (χ2v) is 4.88. The van der Waals surface area contributed by atoms with E-state index >= 15 is 0 Å². The molecule has 1 heterocycles. The average molecular weight is 197 g/mol. The number of hydrogen-bond donors (Lipinski definition) is 3. The molecular formula is C11H23N3. The van der Waals surface area contributed by atoms with Crippen molar-refractivity contribution in [3.05, 3.63) is 0 Å². The maximum absolute atomic E-state index is 5.88. The number of nitrogens with one attached hydrogen (secondary N) is 2. The topological polar surface area (TPSA) is 50.1 Å². The van der Waals surface area contributed by atoms with E-state index in [0.29, 0.717) is 6.04 Å². The average Bonchev–Trinajstić information content (AvgIpc) is 2.70. The number of nitrogens with two attached hydrogens (primary N) is 1. The van der Waals surface area contributed by atoms with Crippen LogP contribution in [0.15, 0.2) is 0 Å². The van der Waals surface area contributed by atoms with E-state index in [1.807, 2.05) is 0 Å². The van der Waals surface area contributed by atoms with Crippen molar-refractivity contribution in [2.75, 3.05) is 19.6 Å². The van der Waals surface area contributed by atoms with Crippen molar-refractivity contribution in [2.24, 2.45) is 11.7 Å². The minimum absolute atomic E-state index is 0.486. The molecule has 1 unspecified atom stereocenters. The molecule has 82 valence electrons. The Morgan fingerprint density at radius 3 is 2.57 bits per heavy atom. The van der Waals surface area contributed by atoms with Crippen LogP contribution in [0, 0.1) is 5.92 Å². The summed E-state index contributed by atoms with van der Waals surface area (Å²) in [7, 11) is 0. The lowest BCUT2D eigenvalue weighted by molar-refractivity contribution is 0.306. The van der Waals surface area contributed by atoms with Gasteiger partial charge in [0.2, 0.25) is 0 Å². The van der Waals surface area contributed by atoms with Crippen LogP contribution in [0.1, 0.15) is 32.1 Å². The van der Waals surface area contributed by atoms with Crippen LogP contribution in [0.2, 0.25) is 0 Å². The van der Waals surface area contributed by atoms with Crippen molar-refractivity contribution >= 4 is 0 Å². The van der Waals surface area contributed by atoms with Crippen LogP contribution in [0.25, 0.3) is 0 Å². The van der Waals surface area contributed by atoms with E-state index in [4.69, 9.17) is 5.73 Å². The monoisotopic (exact) mass is 197 g/mol. The summed E-state index contributed by atoms with van der Waals surface area (Å²) in [5, 5.41) is 7.05. The lowest BCUT2D eigenvalue weighted by atomic mass is 9.86. The molecule has 1 saturated heterocycles. The molecule has 1 saturated carbocycles. The maximum Gasteiger partial charge on any atom is 0.0204 e. The lowest BCUT2D eigenvalue weighted by Gasteiger charge is -2.27. The van der Waals surface area contributed by atoms with E-state index < -0.39 is 0 Å². The number of hydrogen-bond acceptors (Lipinski definition) is 3. The van der Waals surface area contributed by atoms with Gasteiger partial charge in [0.25, 0.3) is 0 Å². The molecule has 1 atom stereocenters.